The predicted octanol–water partition coefficient (Wildman–Crippen LogP) is 3.25. The van der Waals surface area contributed by atoms with E-state index in [9.17, 15) is 9.59 Å². The highest BCUT2D eigenvalue weighted by atomic mass is 35.5. The molecule has 0 saturated carbocycles. The Balaban J connectivity index is 1.77. The van der Waals surface area contributed by atoms with Crippen molar-refractivity contribution in [3.05, 3.63) is 35.2 Å². The van der Waals surface area contributed by atoms with Crippen LogP contribution in [-0.2, 0) is 11.3 Å². The fourth-order valence-corrected chi connectivity index (χ4v) is 3.23. The number of hydrogen-bond acceptors (Lipinski definition) is 5. The van der Waals surface area contributed by atoms with Gasteiger partial charge in [0.15, 0.2) is 0 Å². The molecule has 2 heterocycles. The Hall–Kier alpha value is -2.41. The summed E-state index contributed by atoms with van der Waals surface area (Å²) in [5.74, 6) is 0.461. The minimum absolute atomic E-state index is 0.0636. The number of rotatable bonds is 5. The lowest BCUT2D eigenvalue weighted by atomic mass is 9.91. The lowest BCUT2D eigenvalue weighted by Crippen LogP contribution is -2.44. The zero-order valence-electron chi connectivity index (χ0n) is 14.2. The highest BCUT2D eigenvalue weighted by molar-refractivity contribution is 6.30. The zero-order valence-corrected chi connectivity index (χ0v) is 15.0. The van der Waals surface area contributed by atoms with E-state index >= 15 is 0 Å². The number of amides is 3. The predicted molar refractivity (Wildman–Crippen MR) is 91.7 cm³/mol. The van der Waals surface area contributed by atoms with Crippen LogP contribution in [-0.4, -0.2) is 32.6 Å². The molecule has 0 spiro atoms. The number of benzene rings is 1. The van der Waals surface area contributed by atoms with Crippen molar-refractivity contribution in [2.45, 2.75) is 39.3 Å². The Morgan fingerprint density at radius 1 is 1.32 bits per heavy atom. The molecule has 1 saturated heterocycles. The molecule has 1 aliphatic rings. The Morgan fingerprint density at radius 2 is 2.08 bits per heavy atom. The largest absolute Gasteiger partial charge is 0.419 e. The number of carbonyl (C=O) groups excluding carboxylic acids is 2. The molecule has 1 atom stereocenters. The first-order chi connectivity index (χ1) is 11.8. The standard InChI is InChI=1S/C17H19ClN4O3/c1-10(2)8-17(3)15(23)22(16(24)19-17)9-13-20-21-14(25-13)11-5-4-6-12(18)7-11/h4-7,10H,8-9H2,1-3H3,(H,19,24). The number of imide groups is 1. The molecule has 132 valence electrons. The zero-order chi connectivity index (χ0) is 18.2. The van der Waals surface area contributed by atoms with E-state index in [4.69, 9.17) is 16.0 Å². The van der Waals surface area contributed by atoms with E-state index in [2.05, 4.69) is 15.5 Å². The van der Waals surface area contributed by atoms with Crippen LogP contribution in [0, 0.1) is 5.92 Å². The first kappa shape index (κ1) is 17.4. The maximum Gasteiger partial charge on any atom is 0.325 e. The quantitative estimate of drug-likeness (QED) is 0.825. The molecular formula is C17H19ClN4O3. The molecule has 3 rings (SSSR count). The summed E-state index contributed by atoms with van der Waals surface area (Å²) < 4.78 is 5.58. The van der Waals surface area contributed by atoms with Crippen molar-refractivity contribution in [2.24, 2.45) is 5.92 Å². The van der Waals surface area contributed by atoms with Crippen LogP contribution in [0.15, 0.2) is 28.7 Å². The van der Waals surface area contributed by atoms with Crippen molar-refractivity contribution in [1.29, 1.82) is 0 Å². The van der Waals surface area contributed by atoms with Crippen molar-refractivity contribution < 1.29 is 14.0 Å². The highest BCUT2D eigenvalue weighted by Crippen LogP contribution is 2.27. The minimum Gasteiger partial charge on any atom is -0.419 e. The van der Waals surface area contributed by atoms with Crippen LogP contribution in [0.5, 0.6) is 0 Å². The third-order valence-corrected chi connectivity index (χ3v) is 4.23. The van der Waals surface area contributed by atoms with Crippen molar-refractivity contribution in [3.8, 4) is 11.5 Å². The average molecular weight is 363 g/mol. The topological polar surface area (TPSA) is 88.3 Å². The molecule has 1 aliphatic heterocycles. The van der Waals surface area contributed by atoms with Gasteiger partial charge in [-0.3, -0.25) is 9.69 Å². The van der Waals surface area contributed by atoms with E-state index in [1.807, 2.05) is 13.8 Å². The summed E-state index contributed by atoms with van der Waals surface area (Å²) in [7, 11) is 0. The van der Waals surface area contributed by atoms with Gasteiger partial charge in [0.05, 0.1) is 0 Å². The van der Waals surface area contributed by atoms with Crippen LogP contribution >= 0.6 is 11.6 Å². The summed E-state index contributed by atoms with van der Waals surface area (Å²) in [5.41, 5.74) is -0.228. The normalized spacial score (nSPS) is 20.4. The van der Waals surface area contributed by atoms with Gasteiger partial charge in [-0.05, 0) is 37.5 Å². The lowest BCUT2D eigenvalue weighted by Gasteiger charge is -2.23. The Kier molecular flexibility index (Phi) is 4.51. The fourth-order valence-electron chi connectivity index (χ4n) is 3.04. The van der Waals surface area contributed by atoms with E-state index in [0.29, 0.717) is 17.0 Å². The van der Waals surface area contributed by atoms with Crippen LogP contribution in [0.4, 0.5) is 4.79 Å². The van der Waals surface area contributed by atoms with Crippen molar-refractivity contribution in [1.82, 2.24) is 20.4 Å². The van der Waals surface area contributed by atoms with Crippen LogP contribution in [0.3, 0.4) is 0 Å². The number of nitrogens with one attached hydrogen (secondary N) is 1. The molecule has 8 heteroatoms. The van der Waals surface area contributed by atoms with E-state index in [1.165, 1.54) is 0 Å². The maximum absolute atomic E-state index is 12.6. The molecule has 1 fully saturated rings. The molecule has 1 aromatic carbocycles. The summed E-state index contributed by atoms with van der Waals surface area (Å²) in [6.07, 6.45) is 0.561. The molecule has 7 nitrogen and oxygen atoms in total. The maximum atomic E-state index is 12.6. The molecule has 1 unspecified atom stereocenters. The Labute approximate surface area is 150 Å². The van der Waals surface area contributed by atoms with Crippen LogP contribution in [0.25, 0.3) is 11.5 Å². The third-order valence-electron chi connectivity index (χ3n) is 3.99. The third kappa shape index (κ3) is 3.51. The van der Waals surface area contributed by atoms with E-state index in [0.717, 1.165) is 4.90 Å². The molecule has 1 N–H and O–H groups in total. The number of hydrogen-bond donors (Lipinski definition) is 1. The number of aromatic nitrogens is 2. The summed E-state index contributed by atoms with van der Waals surface area (Å²) in [6.45, 7) is 5.68. The number of nitrogens with zero attached hydrogens (tertiary/aromatic N) is 3. The van der Waals surface area contributed by atoms with Crippen molar-refractivity contribution in [2.75, 3.05) is 0 Å². The van der Waals surface area contributed by atoms with Gasteiger partial charge in [-0.15, -0.1) is 10.2 Å². The van der Waals surface area contributed by atoms with Gasteiger partial charge in [0.2, 0.25) is 11.8 Å². The summed E-state index contributed by atoms with van der Waals surface area (Å²) in [4.78, 5) is 25.9. The smallest absolute Gasteiger partial charge is 0.325 e. The SMILES string of the molecule is CC(C)CC1(C)NC(=O)N(Cc2nnc(-c3cccc(Cl)c3)o2)C1=O. The van der Waals surface area contributed by atoms with Crippen molar-refractivity contribution in [3.63, 3.8) is 0 Å². The second-order valence-electron chi connectivity index (χ2n) is 6.76. The molecule has 0 radical (unpaired) electrons. The van der Waals surface area contributed by atoms with E-state index in [1.54, 1.807) is 31.2 Å². The van der Waals surface area contributed by atoms with Crippen LogP contribution < -0.4 is 5.32 Å². The summed E-state index contributed by atoms with van der Waals surface area (Å²) in [6, 6.07) is 6.56. The summed E-state index contributed by atoms with van der Waals surface area (Å²) >= 11 is 5.95. The number of carbonyl (C=O) groups is 2. The van der Waals surface area contributed by atoms with Crippen LogP contribution in [0.1, 0.15) is 33.1 Å². The fraction of sp³-hybridized carbons (Fsp3) is 0.412. The highest BCUT2D eigenvalue weighted by Gasteiger charge is 2.48. The Morgan fingerprint density at radius 3 is 2.76 bits per heavy atom. The molecule has 2 aromatic rings. The average Bonchev–Trinajstić information content (AvgIpc) is 3.06. The number of urea groups is 1. The first-order valence-corrected chi connectivity index (χ1v) is 8.39. The van der Waals surface area contributed by atoms with Gasteiger partial charge in [0, 0.05) is 10.6 Å². The van der Waals surface area contributed by atoms with Gasteiger partial charge in [0.25, 0.3) is 5.91 Å². The van der Waals surface area contributed by atoms with Crippen LogP contribution in [0.2, 0.25) is 5.02 Å². The van der Waals surface area contributed by atoms with Gasteiger partial charge < -0.3 is 9.73 Å². The number of halogens is 1. The first-order valence-electron chi connectivity index (χ1n) is 8.01. The van der Waals surface area contributed by atoms with Gasteiger partial charge in [0.1, 0.15) is 12.1 Å². The second kappa shape index (κ2) is 6.48. The summed E-state index contributed by atoms with van der Waals surface area (Å²) in [5, 5.41) is 11.2. The van der Waals surface area contributed by atoms with Gasteiger partial charge in [-0.1, -0.05) is 31.5 Å². The molecular weight excluding hydrogens is 344 g/mol. The second-order valence-corrected chi connectivity index (χ2v) is 7.20. The minimum atomic E-state index is -0.902. The molecule has 3 amide bonds. The molecule has 0 aliphatic carbocycles. The lowest BCUT2D eigenvalue weighted by molar-refractivity contribution is -0.131. The van der Waals surface area contributed by atoms with Gasteiger partial charge in [-0.25, -0.2) is 4.79 Å². The van der Waals surface area contributed by atoms with Gasteiger partial charge >= 0.3 is 6.03 Å². The molecule has 0 bridgehead atoms. The molecule has 25 heavy (non-hydrogen) atoms. The van der Waals surface area contributed by atoms with E-state index < -0.39 is 11.6 Å². The van der Waals surface area contributed by atoms with Crippen molar-refractivity contribution >= 4 is 23.5 Å². The van der Waals surface area contributed by atoms with E-state index in [-0.39, 0.29) is 30.2 Å². The Bertz CT molecular complexity index is 820. The van der Waals surface area contributed by atoms with Gasteiger partial charge in [-0.2, -0.15) is 0 Å². The molecule has 1 aromatic heterocycles. The monoisotopic (exact) mass is 362 g/mol.